The minimum atomic E-state index is -1.55. The average Bonchev–Trinajstić information content (AvgIpc) is 3.72. The lowest BCUT2D eigenvalue weighted by atomic mass is 9.62. The van der Waals surface area contributed by atoms with Gasteiger partial charge in [0.2, 0.25) is 11.8 Å². The van der Waals surface area contributed by atoms with Gasteiger partial charge in [0, 0.05) is 25.8 Å². The summed E-state index contributed by atoms with van der Waals surface area (Å²) in [7, 11) is 0. The fraction of sp³-hybridized carbons (Fsp3) is 0.595. The zero-order valence-corrected chi connectivity index (χ0v) is 32.2. The SMILES string of the molecule is CCCCCC1(CCCCC)OC2C3CC4(C(=O)NC(C(=O)NCCO)C(C)O)C(ON(Cc5cccc(C=CCc6ccccc6O)c5)C4C(=O)O3)C2O1. The smallest absolute Gasteiger partial charge is 0.327 e. The van der Waals surface area contributed by atoms with Crippen molar-refractivity contribution < 1.29 is 48.8 Å². The monoisotopic (exact) mass is 763 g/mol. The van der Waals surface area contributed by atoms with Crippen LogP contribution in [0.2, 0.25) is 0 Å². The summed E-state index contributed by atoms with van der Waals surface area (Å²) in [6, 6.07) is 12.4. The van der Waals surface area contributed by atoms with Crippen LogP contribution in [0.3, 0.4) is 0 Å². The number of carbonyl (C=O) groups is 3. The van der Waals surface area contributed by atoms with Gasteiger partial charge in [-0.3, -0.25) is 19.2 Å². The number of allylic oxidation sites excluding steroid dienone is 1. The summed E-state index contributed by atoms with van der Waals surface area (Å²) >= 11 is 0. The van der Waals surface area contributed by atoms with Crippen LogP contribution in [0.5, 0.6) is 5.75 Å². The molecular formula is C42H57N3O10. The highest BCUT2D eigenvalue weighted by Crippen LogP contribution is 2.58. The Morgan fingerprint density at radius 1 is 1.02 bits per heavy atom. The average molecular weight is 764 g/mol. The van der Waals surface area contributed by atoms with Crippen LogP contribution in [-0.4, -0.2) is 99.7 Å². The Balaban J connectivity index is 1.32. The number of aliphatic hydroxyl groups excluding tert-OH is 2. The Hall–Kier alpha value is -3.85. The van der Waals surface area contributed by atoms with Crippen molar-refractivity contribution >= 4 is 23.9 Å². The number of carbonyl (C=O) groups excluding carboxylic acids is 3. The van der Waals surface area contributed by atoms with Gasteiger partial charge < -0.3 is 40.2 Å². The van der Waals surface area contributed by atoms with Crippen LogP contribution >= 0.6 is 0 Å². The molecule has 2 bridgehead atoms. The molecule has 4 aliphatic rings. The predicted molar refractivity (Wildman–Crippen MR) is 203 cm³/mol. The number of rotatable bonds is 19. The lowest BCUT2D eigenvalue weighted by Gasteiger charge is -2.49. The first kappa shape index (κ1) is 40.8. The Kier molecular flexibility index (Phi) is 13.3. The second kappa shape index (κ2) is 18.0. The molecule has 0 radical (unpaired) electrons. The number of nitrogens with one attached hydrogen (secondary N) is 2. The van der Waals surface area contributed by atoms with Crippen molar-refractivity contribution in [3.05, 3.63) is 71.3 Å². The van der Waals surface area contributed by atoms with Crippen molar-refractivity contribution in [2.75, 3.05) is 13.2 Å². The molecule has 13 nitrogen and oxygen atoms in total. The number of aromatic hydroxyl groups is 1. The maximum absolute atomic E-state index is 14.8. The van der Waals surface area contributed by atoms with Crippen molar-refractivity contribution in [3.63, 3.8) is 0 Å². The molecule has 1 saturated carbocycles. The number of hydrogen-bond donors (Lipinski definition) is 5. The zero-order valence-electron chi connectivity index (χ0n) is 32.2. The van der Waals surface area contributed by atoms with Gasteiger partial charge in [-0.05, 0) is 48.9 Å². The highest BCUT2D eigenvalue weighted by molar-refractivity contribution is 5.96. The van der Waals surface area contributed by atoms with Crippen LogP contribution in [0, 0.1) is 5.41 Å². The molecule has 3 aliphatic heterocycles. The highest BCUT2D eigenvalue weighted by atomic mass is 16.8. The van der Waals surface area contributed by atoms with Gasteiger partial charge in [-0.25, -0.2) is 0 Å². The molecule has 2 aromatic carbocycles. The number of fused-ring (bicyclic) bond motifs is 4. The van der Waals surface area contributed by atoms with Crippen LogP contribution in [0.4, 0.5) is 0 Å². The third-order valence-electron chi connectivity index (χ3n) is 11.4. The lowest BCUT2D eigenvalue weighted by molar-refractivity contribution is -0.224. The summed E-state index contributed by atoms with van der Waals surface area (Å²) in [6.07, 6.45) is 7.16. The molecule has 2 amide bonds. The van der Waals surface area contributed by atoms with Crippen LogP contribution in [0.15, 0.2) is 54.6 Å². The van der Waals surface area contributed by atoms with E-state index in [1.807, 2.05) is 48.6 Å². The molecule has 55 heavy (non-hydrogen) atoms. The second-order valence-corrected chi connectivity index (χ2v) is 15.4. The Labute approximate surface area is 323 Å². The Morgan fingerprint density at radius 3 is 2.44 bits per heavy atom. The fourth-order valence-corrected chi connectivity index (χ4v) is 8.65. The lowest BCUT2D eigenvalue weighted by Crippen LogP contribution is -2.71. The minimum absolute atomic E-state index is 0.0599. The van der Waals surface area contributed by atoms with Gasteiger partial charge in [0.15, 0.2) is 11.8 Å². The van der Waals surface area contributed by atoms with Crippen LogP contribution in [0.25, 0.3) is 6.08 Å². The molecular weight excluding hydrogens is 706 g/mol. The number of unbranched alkanes of at least 4 members (excludes halogenated alkanes) is 4. The molecule has 5 N–H and O–H groups in total. The second-order valence-electron chi connectivity index (χ2n) is 15.4. The summed E-state index contributed by atoms with van der Waals surface area (Å²) in [5.74, 6) is -2.63. The molecule has 2 aromatic rings. The largest absolute Gasteiger partial charge is 0.508 e. The van der Waals surface area contributed by atoms with Gasteiger partial charge in [-0.15, -0.1) is 0 Å². The molecule has 8 atom stereocenters. The fourth-order valence-electron chi connectivity index (χ4n) is 8.65. The van der Waals surface area contributed by atoms with Gasteiger partial charge in [-0.2, -0.15) is 5.06 Å². The summed E-state index contributed by atoms with van der Waals surface area (Å²) < 4.78 is 19.9. The van der Waals surface area contributed by atoms with Crippen LogP contribution < -0.4 is 10.6 Å². The molecule has 8 unspecified atom stereocenters. The number of hydrogen-bond acceptors (Lipinski definition) is 11. The number of aliphatic hydroxyl groups is 2. The number of phenolic OH excluding ortho intramolecular Hbond substituents is 1. The van der Waals surface area contributed by atoms with Gasteiger partial charge >= 0.3 is 5.97 Å². The molecule has 1 aliphatic carbocycles. The van der Waals surface area contributed by atoms with E-state index in [2.05, 4.69) is 24.5 Å². The van der Waals surface area contributed by atoms with E-state index in [0.29, 0.717) is 19.3 Å². The number of nitrogens with zero attached hydrogens (tertiary/aromatic N) is 1. The van der Waals surface area contributed by atoms with Crippen LogP contribution in [0.1, 0.15) is 95.2 Å². The third-order valence-corrected chi connectivity index (χ3v) is 11.4. The molecule has 4 fully saturated rings. The number of para-hydroxylation sites is 1. The van der Waals surface area contributed by atoms with E-state index in [1.165, 1.54) is 12.0 Å². The third kappa shape index (κ3) is 8.62. The quantitative estimate of drug-likeness (QED) is 0.103. The number of hydroxylamine groups is 2. The summed E-state index contributed by atoms with van der Waals surface area (Å²) in [4.78, 5) is 48.9. The van der Waals surface area contributed by atoms with Gasteiger partial charge in [0.25, 0.3) is 0 Å². The number of phenols is 1. The minimum Gasteiger partial charge on any atom is -0.508 e. The number of esters is 1. The molecule has 6 rings (SSSR count). The first-order valence-corrected chi connectivity index (χ1v) is 19.9. The van der Waals surface area contributed by atoms with E-state index < -0.39 is 71.6 Å². The summed E-state index contributed by atoms with van der Waals surface area (Å²) in [5.41, 5.74) is 0.967. The molecule has 300 valence electrons. The molecule has 3 heterocycles. The van der Waals surface area contributed by atoms with E-state index in [9.17, 15) is 29.7 Å². The molecule has 0 spiro atoms. The Bertz CT molecular complexity index is 1670. The van der Waals surface area contributed by atoms with Gasteiger partial charge in [0.05, 0.1) is 19.3 Å². The normalized spacial score (nSPS) is 27.7. The van der Waals surface area contributed by atoms with Crippen molar-refractivity contribution in [2.45, 2.75) is 140 Å². The topological polar surface area (TPSA) is 176 Å². The summed E-state index contributed by atoms with van der Waals surface area (Å²) in [5, 5.41) is 36.9. The van der Waals surface area contributed by atoms with E-state index >= 15 is 0 Å². The van der Waals surface area contributed by atoms with Crippen molar-refractivity contribution in [1.29, 1.82) is 0 Å². The van der Waals surface area contributed by atoms with Crippen molar-refractivity contribution in [3.8, 4) is 5.75 Å². The van der Waals surface area contributed by atoms with Crippen LogP contribution in [-0.2, 0) is 46.4 Å². The predicted octanol–water partition coefficient (Wildman–Crippen LogP) is 4.06. The maximum Gasteiger partial charge on any atom is 0.327 e. The van der Waals surface area contributed by atoms with E-state index in [4.69, 9.17) is 19.0 Å². The van der Waals surface area contributed by atoms with Crippen molar-refractivity contribution in [2.24, 2.45) is 5.41 Å². The number of ether oxygens (including phenoxy) is 3. The van der Waals surface area contributed by atoms with Crippen molar-refractivity contribution in [1.82, 2.24) is 15.7 Å². The number of benzene rings is 2. The Morgan fingerprint density at radius 2 is 1.75 bits per heavy atom. The maximum atomic E-state index is 14.8. The van der Waals surface area contributed by atoms with E-state index in [1.54, 1.807) is 12.1 Å². The van der Waals surface area contributed by atoms with Gasteiger partial charge in [-0.1, -0.05) is 94.1 Å². The standard InChI is InChI=1S/C42H57N3O10/c1-4-6-10-20-41(21-11-7-5-2)53-34-32-25-42(40(51)44-33(27(3)47)38(49)43-22-23-46)36(39(50)52-32)45(55-37(42)35(34)54-41)26-29-16-12-14-28(24-29)15-13-18-30-17-8-9-19-31(30)48/h8-9,12-17,19,24,27,32-37,46-48H,4-7,10-11,18,20-23,25-26H2,1-3H3,(H,43,49)(H,44,51). The van der Waals surface area contributed by atoms with Gasteiger partial charge in [0.1, 0.15) is 41.6 Å². The first-order valence-electron chi connectivity index (χ1n) is 19.9. The molecule has 0 aromatic heterocycles. The molecule has 13 heteroatoms. The highest BCUT2D eigenvalue weighted by Gasteiger charge is 2.76. The number of amides is 2. The van der Waals surface area contributed by atoms with E-state index in [-0.39, 0.29) is 31.9 Å². The molecule has 3 saturated heterocycles. The van der Waals surface area contributed by atoms with E-state index in [0.717, 1.165) is 55.2 Å². The summed E-state index contributed by atoms with van der Waals surface area (Å²) in [6.45, 7) is 5.42. The zero-order chi connectivity index (χ0) is 39.2. The first-order chi connectivity index (χ1) is 26.6.